The maximum Gasteiger partial charge on any atom is 0.164 e. The standard InChI is InChI=1S/C22H36N2O5/c1-22(2,15-23-9-11-28-12-10-23)16-24-8-7-19(18(25)14-24)29-17-5-6-20(26-3)21(13-17)27-4/h5-6,13,18-19,25H,7-12,14-16H2,1-4H3/t18-,19-/m1/s1. The second kappa shape index (κ2) is 9.98. The van der Waals surface area contributed by atoms with Gasteiger partial charge in [0, 0.05) is 45.3 Å². The number of nitrogens with zero attached hydrogens (tertiary/aromatic N) is 2. The van der Waals surface area contributed by atoms with E-state index in [2.05, 4.69) is 23.6 Å². The molecular formula is C22H36N2O5. The quantitative estimate of drug-likeness (QED) is 0.705. The third-order valence-electron chi connectivity index (χ3n) is 5.65. The number of aliphatic hydroxyl groups excluding tert-OH is 1. The normalized spacial score (nSPS) is 24.3. The molecule has 0 unspecified atom stereocenters. The van der Waals surface area contributed by atoms with Gasteiger partial charge in [0.1, 0.15) is 18.0 Å². The molecule has 2 saturated heterocycles. The van der Waals surface area contributed by atoms with Crippen LogP contribution in [0.15, 0.2) is 18.2 Å². The fourth-order valence-electron chi connectivity index (χ4n) is 4.34. The Morgan fingerprint density at radius 1 is 1.03 bits per heavy atom. The molecule has 2 atom stereocenters. The average molecular weight is 409 g/mol. The van der Waals surface area contributed by atoms with Crippen LogP contribution in [0.3, 0.4) is 0 Å². The zero-order valence-electron chi connectivity index (χ0n) is 18.2. The Morgan fingerprint density at radius 2 is 1.72 bits per heavy atom. The Bertz CT molecular complexity index is 648. The zero-order chi connectivity index (χ0) is 20.9. The number of ether oxygens (including phenoxy) is 4. The van der Waals surface area contributed by atoms with Gasteiger partial charge in [0.05, 0.1) is 27.4 Å². The van der Waals surface area contributed by atoms with E-state index in [1.807, 2.05) is 18.2 Å². The molecule has 164 valence electrons. The Labute approximate surface area is 174 Å². The summed E-state index contributed by atoms with van der Waals surface area (Å²) in [7, 11) is 3.21. The van der Waals surface area contributed by atoms with Gasteiger partial charge in [-0.2, -0.15) is 0 Å². The van der Waals surface area contributed by atoms with Gasteiger partial charge < -0.3 is 24.1 Å². The summed E-state index contributed by atoms with van der Waals surface area (Å²) in [5.74, 6) is 1.98. The van der Waals surface area contributed by atoms with Gasteiger partial charge in [0.2, 0.25) is 0 Å². The summed E-state index contributed by atoms with van der Waals surface area (Å²) in [5, 5.41) is 10.7. The highest BCUT2D eigenvalue weighted by molar-refractivity contribution is 5.45. The van der Waals surface area contributed by atoms with Crippen LogP contribution in [0.2, 0.25) is 0 Å². The number of β-amino-alcohol motifs (C(OH)–C–C–N with tert-alkyl or cyclic N) is 1. The van der Waals surface area contributed by atoms with Crippen molar-refractivity contribution in [1.29, 1.82) is 0 Å². The predicted molar refractivity (Wildman–Crippen MR) is 112 cm³/mol. The third kappa shape index (κ3) is 6.22. The number of benzene rings is 1. The van der Waals surface area contributed by atoms with Crippen LogP contribution in [0.5, 0.6) is 17.2 Å². The van der Waals surface area contributed by atoms with Gasteiger partial charge in [0.15, 0.2) is 11.5 Å². The topological polar surface area (TPSA) is 63.6 Å². The van der Waals surface area contributed by atoms with Gasteiger partial charge in [-0.15, -0.1) is 0 Å². The van der Waals surface area contributed by atoms with Crippen molar-refractivity contribution < 1.29 is 24.1 Å². The van der Waals surface area contributed by atoms with E-state index in [4.69, 9.17) is 18.9 Å². The second-order valence-corrected chi connectivity index (χ2v) is 8.82. The molecule has 2 fully saturated rings. The minimum Gasteiger partial charge on any atom is -0.493 e. The molecule has 29 heavy (non-hydrogen) atoms. The number of rotatable bonds is 8. The van der Waals surface area contributed by atoms with Crippen molar-refractivity contribution in [3.05, 3.63) is 18.2 Å². The average Bonchev–Trinajstić information content (AvgIpc) is 2.70. The van der Waals surface area contributed by atoms with E-state index in [9.17, 15) is 5.11 Å². The first-order valence-electron chi connectivity index (χ1n) is 10.5. The van der Waals surface area contributed by atoms with Crippen molar-refractivity contribution in [3.8, 4) is 17.2 Å². The van der Waals surface area contributed by atoms with Crippen molar-refractivity contribution in [3.63, 3.8) is 0 Å². The summed E-state index contributed by atoms with van der Waals surface area (Å²) in [4.78, 5) is 4.84. The van der Waals surface area contributed by atoms with E-state index in [0.717, 1.165) is 52.4 Å². The first-order valence-corrected chi connectivity index (χ1v) is 10.5. The summed E-state index contributed by atoms with van der Waals surface area (Å²) < 4.78 is 22.1. The van der Waals surface area contributed by atoms with Crippen molar-refractivity contribution in [2.75, 3.05) is 66.7 Å². The van der Waals surface area contributed by atoms with Crippen LogP contribution in [0.4, 0.5) is 0 Å². The van der Waals surface area contributed by atoms with E-state index < -0.39 is 6.10 Å². The molecule has 3 rings (SSSR count). The van der Waals surface area contributed by atoms with Crippen molar-refractivity contribution in [2.24, 2.45) is 5.41 Å². The number of hydrogen-bond acceptors (Lipinski definition) is 7. The van der Waals surface area contributed by atoms with Gasteiger partial charge in [-0.25, -0.2) is 0 Å². The summed E-state index contributed by atoms with van der Waals surface area (Å²) in [6.07, 6.45) is 0.0612. The molecule has 7 heteroatoms. The number of aliphatic hydroxyl groups is 1. The van der Waals surface area contributed by atoms with Crippen LogP contribution in [-0.2, 0) is 4.74 Å². The Kier molecular flexibility index (Phi) is 7.62. The van der Waals surface area contributed by atoms with Gasteiger partial charge in [0.25, 0.3) is 0 Å². The Balaban J connectivity index is 1.51. The smallest absolute Gasteiger partial charge is 0.164 e. The predicted octanol–water partition coefficient (Wildman–Crippen LogP) is 1.88. The lowest BCUT2D eigenvalue weighted by atomic mass is 9.90. The molecule has 0 aliphatic carbocycles. The molecule has 0 amide bonds. The van der Waals surface area contributed by atoms with Crippen LogP contribution in [0.1, 0.15) is 20.3 Å². The minimum atomic E-state index is -0.518. The maximum absolute atomic E-state index is 10.7. The first-order chi connectivity index (χ1) is 13.9. The highest BCUT2D eigenvalue weighted by atomic mass is 16.5. The molecule has 7 nitrogen and oxygen atoms in total. The number of piperidine rings is 1. The molecule has 2 aliphatic rings. The number of morpholine rings is 1. The van der Waals surface area contributed by atoms with Crippen LogP contribution >= 0.6 is 0 Å². The Morgan fingerprint density at radius 3 is 2.38 bits per heavy atom. The van der Waals surface area contributed by atoms with Crippen molar-refractivity contribution in [2.45, 2.75) is 32.5 Å². The highest BCUT2D eigenvalue weighted by Gasteiger charge is 2.33. The second-order valence-electron chi connectivity index (χ2n) is 8.82. The van der Waals surface area contributed by atoms with Crippen molar-refractivity contribution in [1.82, 2.24) is 9.80 Å². The number of hydrogen-bond donors (Lipinski definition) is 1. The molecule has 2 aliphatic heterocycles. The van der Waals surface area contributed by atoms with Gasteiger partial charge in [-0.1, -0.05) is 13.8 Å². The Hall–Kier alpha value is -1.54. The monoisotopic (exact) mass is 408 g/mol. The lowest BCUT2D eigenvalue weighted by molar-refractivity contribution is -0.0391. The van der Waals surface area contributed by atoms with Gasteiger partial charge in [-0.3, -0.25) is 9.80 Å². The van der Waals surface area contributed by atoms with Crippen LogP contribution in [0.25, 0.3) is 0 Å². The molecule has 2 heterocycles. The van der Waals surface area contributed by atoms with Gasteiger partial charge in [-0.05, 0) is 24.0 Å². The SMILES string of the molecule is COc1ccc(O[C@@H]2CCN(CC(C)(C)CN3CCOCC3)C[C@H]2O)cc1OC. The summed E-state index contributed by atoms with van der Waals surface area (Å²) in [6, 6.07) is 5.49. The zero-order valence-corrected chi connectivity index (χ0v) is 18.2. The van der Waals surface area contributed by atoms with Crippen LogP contribution < -0.4 is 14.2 Å². The van der Waals surface area contributed by atoms with E-state index in [1.165, 1.54) is 0 Å². The molecule has 0 spiro atoms. The minimum absolute atomic E-state index is 0.161. The van der Waals surface area contributed by atoms with E-state index in [-0.39, 0.29) is 11.5 Å². The largest absolute Gasteiger partial charge is 0.493 e. The molecule has 0 bridgehead atoms. The highest BCUT2D eigenvalue weighted by Crippen LogP contribution is 2.32. The van der Waals surface area contributed by atoms with Crippen molar-refractivity contribution >= 4 is 0 Å². The molecule has 1 N–H and O–H groups in total. The molecule has 0 saturated carbocycles. The number of methoxy groups -OCH3 is 2. The third-order valence-corrected chi connectivity index (χ3v) is 5.65. The molecule has 1 aromatic carbocycles. The molecular weight excluding hydrogens is 372 g/mol. The first kappa shape index (κ1) is 22.2. The lowest BCUT2D eigenvalue weighted by Crippen LogP contribution is -2.53. The lowest BCUT2D eigenvalue weighted by Gasteiger charge is -2.41. The van der Waals surface area contributed by atoms with E-state index in [0.29, 0.717) is 23.8 Å². The summed E-state index contributed by atoms with van der Waals surface area (Å²) >= 11 is 0. The molecule has 1 aromatic rings. The maximum atomic E-state index is 10.7. The summed E-state index contributed by atoms with van der Waals surface area (Å²) in [5.41, 5.74) is 0.161. The van der Waals surface area contributed by atoms with E-state index in [1.54, 1.807) is 14.2 Å². The van der Waals surface area contributed by atoms with Crippen LogP contribution in [-0.4, -0.2) is 93.8 Å². The van der Waals surface area contributed by atoms with Gasteiger partial charge >= 0.3 is 0 Å². The van der Waals surface area contributed by atoms with E-state index >= 15 is 0 Å². The molecule has 0 radical (unpaired) electrons. The molecule has 0 aromatic heterocycles. The number of likely N-dealkylation sites (tertiary alicyclic amines) is 1. The van der Waals surface area contributed by atoms with Crippen LogP contribution in [0, 0.1) is 5.41 Å². The fraction of sp³-hybridized carbons (Fsp3) is 0.727. The fourth-order valence-corrected chi connectivity index (χ4v) is 4.34. The summed E-state index contributed by atoms with van der Waals surface area (Å²) in [6.45, 7) is 11.8.